The molecule has 4 rings (SSSR count). The molecule has 0 radical (unpaired) electrons. The fourth-order valence-electron chi connectivity index (χ4n) is 4.83. The SMILES string of the molecule is CCOC(=O)c1c(NC(=O)c2c(C)c3cc(CC)ccc3n2CC)sc2c1CCC(C)C2. The highest BCUT2D eigenvalue weighted by Crippen LogP contribution is 2.40. The molecule has 0 spiro atoms. The lowest BCUT2D eigenvalue weighted by Gasteiger charge is -2.18. The summed E-state index contributed by atoms with van der Waals surface area (Å²) in [6, 6.07) is 6.42. The van der Waals surface area contributed by atoms with Crippen LogP contribution in [0.1, 0.15) is 76.5 Å². The van der Waals surface area contributed by atoms with Crippen molar-refractivity contribution in [2.24, 2.45) is 5.92 Å². The Morgan fingerprint density at radius 2 is 2.03 bits per heavy atom. The molecular formula is C26H32N2O3S. The van der Waals surface area contributed by atoms with E-state index in [1.807, 2.05) is 13.8 Å². The number of ether oxygens (including phenoxy) is 1. The van der Waals surface area contributed by atoms with Crippen molar-refractivity contribution in [3.8, 4) is 0 Å². The van der Waals surface area contributed by atoms with E-state index in [-0.39, 0.29) is 11.9 Å². The van der Waals surface area contributed by atoms with Gasteiger partial charge in [0.1, 0.15) is 10.7 Å². The van der Waals surface area contributed by atoms with Crippen molar-refractivity contribution in [3.05, 3.63) is 51.0 Å². The van der Waals surface area contributed by atoms with Gasteiger partial charge in [-0.05, 0) is 81.2 Å². The normalized spacial score (nSPS) is 15.6. The number of aryl methyl sites for hydroxylation is 3. The molecule has 1 aromatic carbocycles. The van der Waals surface area contributed by atoms with Crippen molar-refractivity contribution >= 4 is 39.1 Å². The number of hydrogen-bond donors (Lipinski definition) is 1. The first-order valence-electron chi connectivity index (χ1n) is 11.6. The van der Waals surface area contributed by atoms with Gasteiger partial charge in [-0.15, -0.1) is 11.3 Å². The van der Waals surface area contributed by atoms with Crippen LogP contribution in [0.15, 0.2) is 18.2 Å². The third-order valence-electron chi connectivity index (χ3n) is 6.54. The molecule has 1 unspecified atom stereocenters. The van der Waals surface area contributed by atoms with E-state index in [0.29, 0.717) is 35.3 Å². The Labute approximate surface area is 193 Å². The number of anilines is 1. The van der Waals surface area contributed by atoms with Crippen molar-refractivity contribution < 1.29 is 14.3 Å². The van der Waals surface area contributed by atoms with E-state index in [1.165, 1.54) is 21.8 Å². The second kappa shape index (κ2) is 9.10. The molecule has 6 heteroatoms. The Balaban J connectivity index is 1.77. The fourth-order valence-corrected chi connectivity index (χ4v) is 6.22. The molecule has 0 saturated carbocycles. The maximum Gasteiger partial charge on any atom is 0.341 e. The number of nitrogens with one attached hydrogen (secondary N) is 1. The third-order valence-corrected chi connectivity index (χ3v) is 7.71. The van der Waals surface area contributed by atoms with Crippen LogP contribution in [0.4, 0.5) is 5.00 Å². The maximum absolute atomic E-state index is 13.6. The largest absolute Gasteiger partial charge is 0.462 e. The van der Waals surface area contributed by atoms with E-state index in [9.17, 15) is 9.59 Å². The summed E-state index contributed by atoms with van der Waals surface area (Å²) >= 11 is 1.53. The number of carbonyl (C=O) groups excluding carboxylic acids is 2. The van der Waals surface area contributed by atoms with Gasteiger partial charge in [-0.3, -0.25) is 4.79 Å². The van der Waals surface area contributed by atoms with Crippen LogP contribution >= 0.6 is 11.3 Å². The molecule has 5 nitrogen and oxygen atoms in total. The molecular weight excluding hydrogens is 420 g/mol. The quantitative estimate of drug-likeness (QED) is 0.457. The second-order valence-corrected chi connectivity index (χ2v) is 9.76. The van der Waals surface area contributed by atoms with Crippen LogP contribution in [-0.2, 0) is 30.5 Å². The van der Waals surface area contributed by atoms with E-state index in [0.717, 1.165) is 47.7 Å². The first kappa shape index (κ1) is 22.6. The Bertz CT molecular complexity index is 1190. The highest BCUT2D eigenvalue weighted by Gasteiger charge is 2.30. The van der Waals surface area contributed by atoms with Gasteiger partial charge in [-0.1, -0.05) is 19.9 Å². The number of fused-ring (bicyclic) bond motifs is 2. The molecule has 2 aromatic heterocycles. The number of rotatable bonds is 6. The van der Waals surface area contributed by atoms with Crippen molar-refractivity contribution in [1.82, 2.24) is 4.57 Å². The molecule has 1 aliphatic carbocycles. The Kier molecular flexibility index (Phi) is 6.42. The lowest BCUT2D eigenvalue weighted by Crippen LogP contribution is -2.19. The minimum atomic E-state index is -0.338. The first-order valence-corrected chi connectivity index (χ1v) is 12.5. The van der Waals surface area contributed by atoms with E-state index in [4.69, 9.17) is 4.74 Å². The monoisotopic (exact) mass is 452 g/mol. The van der Waals surface area contributed by atoms with Crippen molar-refractivity contribution in [1.29, 1.82) is 0 Å². The Morgan fingerprint density at radius 1 is 1.25 bits per heavy atom. The number of aromatic nitrogens is 1. The molecule has 170 valence electrons. The fraction of sp³-hybridized carbons (Fsp3) is 0.462. The summed E-state index contributed by atoms with van der Waals surface area (Å²) in [7, 11) is 0. The van der Waals surface area contributed by atoms with Gasteiger partial charge in [0.2, 0.25) is 0 Å². The Morgan fingerprint density at radius 3 is 2.72 bits per heavy atom. The van der Waals surface area contributed by atoms with Gasteiger partial charge in [0.05, 0.1) is 12.2 Å². The second-order valence-electron chi connectivity index (χ2n) is 8.65. The number of carbonyl (C=O) groups is 2. The summed E-state index contributed by atoms with van der Waals surface area (Å²) in [5.41, 5.74) is 5.56. The maximum atomic E-state index is 13.6. The zero-order valence-corrected chi connectivity index (χ0v) is 20.4. The van der Waals surface area contributed by atoms with Crippen LogP contribution in [0.3, 0.4) is 0 Å². The molecule has 0 bridgehead atoms. The van der Waals surface area contributed by atoms with Crippen LogP contribution in [0.25, 0.3) is 10.9 Å². The molecule has 1 atom stereocenters. The number of hydrogen-bond acceptors (Lipinski definition) is 4. The Hall–Kier alpha value is -2.60. The summed E-state index contributed by atoms with van der Waals surface area (Å²) in [6.45, 7) is 11.3. The first-order chi connectivity index (χ1) is 15.4. The summed E-state index contributed by atoms with van der Waals surface area (Å²) in [5, 5.41) is 4.83. The molecule has 0 aliphatic heterocycles. The minimum Gasteiger partial charge on any atom is -0.462 e. The van der Waals surface area contributed by atoms with Crippen molar-refractivity contribution in [3.63, 3.8) is 0 Å². The molecule has 3 aromatic rings. The zero-order chi connectivity index (χ0) is 23.0. The number of nitrogens with zero attached hydrogens (tertiary/aromatic N) is 1. The predicted octanol–water partition coefficient (Wildman–Crippen LogP) is 6.15. The van der Waals surface area contributed by atoms with Crippen LogP contribution in [0, 0.1) is 12.8 Å². The lowest BCUT2D eigenvalue weighted by atomic mass is 9.88. The van der Waals surface area contributed by atoms with E-state index < -0.39 is 0 Å². The van der Waals surface area contributed by atoms with Gasteiger partial charge in [0.25, 0.3) is 5.91 Å². The highest BCUT2D eigenvalue weighted by atomic mass is 32.1. The van der Waals surface area contributed by atoms with E-state index in [2.05, 4.69) is 48.9 Å². The minimum absolute atomic E-state index is 0.171. The smallest absolute Gasteiger partial charge is 0.341 e. The van der Waals surface area contributed by atoms with Crippen LogP contribution < -0.4 is 5.32 Å². The number of thiophene rings is 1. The topological polar surface area (TPSA) is 60.3 Å². The third kappa shape index (κ3) is 3.85. The van der Waals surface area contributed by atoms with Gasteiger partial charge < -0.3 is 14.6 Å². The number of amides is 1. The van der Waals surface area contributed by atoms with Crippen molar-refractivity contribution in [2.45, 2.75) is 66.8 Å². The van der Waals surface area contributed by atoms with Gasteiger partial charge in [0.15, 0.2) is 0 Å². The van der Waals surface area contributed by atoms with Gasteiger partial charge in [-0.25, -0.2) is 4.79 Å². The summed E-state index contributed by atoms with van der Waals surface area (Å²) in [6.07, 6.45) is 3.80. The number of benzene rings is 1. The molecule has 1 amide bonds. The summed E-state index contributed by atoms with van der Waals surface area (Å²) < 4.78 is 7.43. The van der Waals surface area contributed by atoms with E-state index in [1.54, 1.807) is 0 Å². The van der Waals surface area contributed by atoms with Gasteiger partial charge in [-0.2, -0.15) is 0 Å². The molecule has 1 N–H and O–H groups in total. The average molecular weight is 453 g/mol. The van der Waals surface area contributed by atoms with E-state index >= 15 is 0 Å². The number of esters is 1. The average Bonchev–Trinajstić information content (AvgIpc) is 3.27. The molecule has 0 fully saturated rings. The van der Waals surface area contributed by atoms with Crippen LogP contribution in [0.5, 0.6) is 0 Å². The van der Waals surface area contributed by atoms with Crippen LogP contribution in [0.2, 0.25) is 0 Å². The molecule has 1 aliphatic rings. The van der Waals surface area contributed by atoms with Crippen LogP contribution in [-0.4, -0.2) is 23.1 Å². The summed E-state index contributed by atoms with van der Waals surface area (Å²) in [4.78, 5) is 27.6. The lowest BCUT2D eigenvalue weighted by molar-refractivity contribution is 0.0526. The highest BCUT2D eigenvalue weighted by molar-refractivity contribution is 7.17. The van der Waals surface area contributed by atoms with Crippen molar-refractivity contribution in [2.75, 3.05) is 11.9 Å². The molecule has 2 heterocycles. The summed E-state index contributed by atoms with van der Waals surface area (Å²) in [5.74, 6) is 0.0726. The van der Waals surface area contributed by atoms with Gasteiger partial charge in [0, 0.05) is 22.3 Å². The molecule has 0 saturated heterocycles. The zero-order valence-electron chi connectivity index (χ0n) is 19.6. The standard InChI is InChI=1S/C26H32N2O3S/c1-6-17-10-12-20-19(14-17)16(5)23(28(20)7-2)24(29)27-25-22(26(30)31-8-3)18-11-9-15(4)13-21(18)32-25/h10,12,14-15H,6-9,11,13H2,1-5H3,(H,27,29). The molecule has 32 heavy (non-hydrogen) atoms. The van der Waals surface area contributed by atoms with Gasteiger partial charge >= 0.3 is 5.97 Å². The predicted molar refractivity (Wildman–Crippen MR) is 131 cm³/mol.